The summed E-state index contributed by atoms with van der Waals surface area (Å²) in [5.41, 5.74) is 0. The van der Waals surface area contributed by atoms with Gasteiger partial charge in [0, 0.05) is 0 Å². The Bertz CT molecular complexity index is 143. The predicted octanol–water partition coefficient (Wildman–Crippen LogP) is 4.20. The molecule has 0 saturated heterocycles. The minimum absolute atomic E-state index is 0.727. The second kappa shape index (κ2) is 11.5. The number of hydrogen-bond acceptors (Lipinski definition) is 1. The maximum absolute atomic E-state index is 10.2. The monoisotopic (exact) mass is 213 g/mol. The Morgan fingerprint density at radius 2 is 1.40 bits per heavy atom. The number of unbranched alkanes of at least 4 members (excludes halogenated alkanes) is 9. The van der Waals surface area contributed by atoms with Crippen LogP contribution in [0.5, 0.6) is 0 Å². The number of aliphatic carboxylic acids is 1. The fraction of sp³-hybridized carbons (Fsp3) is 0.846. The quantitative estimate of drug-likeness (QED) is 0.522. The molecular weight excluding hydrogens is 188 g/mol. The molecule has 15 heavy (non-hydrogen) atoms. The van der Waals surface area contributed by atoms with Crippen molar-refractivity contribution in [3.63, 3.8) is 0 Å². The smallest absolute Gasteiger partial charge is 0.307 e. The fourth-order valence-corrected chi connectivity index (χ4v) is 1.68. The van der Waals surface area contributed by atoms with E-state index in [9.17, 15) is 4.79 Å². The van der Waals surface area contributed by atoms with Gasteiger partial charge in [-0.25, -0.2) is 0 Å². The van der Waals surface area contributed by atoms with Gasteiger partial charge in [0.15, 0.2) is 0 Å². The molecule has 0 atom stereocenters. The van der Waals surface area contributed by atoms with Crippen molar-refractivity contribution in [1.82, 2.24) is 0 Å². The molecule has 0 saturated carbocycles. The zero-order valence-electron chi connectivity index (χ0n) is 10.0. The van der Waals surface area contributed by atoms with E-state index >= 15 is 0 Å². The first kappa shape index (κ1) is 14.5. The molecule has 0 aromatic heterocycles. The highest BCUT2D eigenvalue weighted by Gasteiger charge is 1.96. The molecule has 0 aliphatic carbocycles. The van der Waals surface area contributed by atoms with Gasteiger partial charge in [-0.2, -0.15) is 0 Å². The topological polar surface area (TPSA) is 37.3 Å². The van der Waals surface area contributed by atoms with Crippen LogP contribution in [0.1, 0.15) is 71.1 Å². The van der Waals surface area contributed by atoms with E-state index in [2.05, 4.69) is 6.92 Å². The summed E-state index contributed by atoms with van der Waals surface area (Å²) in [5.74, 6) is -0.783. The molecule has 1 radical (unpaired) electrons. The van der Waals surface area contributed by atoms with E-state index in [-0.39, 0.29) is 0 Å². The third kappa shape index (κ3) is 13.5. The number of carboxylic acids is 1. The molecule has 0 aromatic carbocycles. The zero-order chi connectivity index (χ0) is 11.4. The average Bonchev–Trinajstić information content (AvgIpc) is 2.20. The standard InChI is InChI=1S/C13H25O2/c1-2-3-4-5-6-7-8-9-10-11-12-13(14)15/h12H,2-11H2,1H3,(H,14,15). The summed E-state index contributed by atoms with van der Waals surface area (Å²) in [7, 11) is 0. The van der Waals surface area contributed by atoms with Crippen LogP contribution < -0.4 is 0 Å². The molecular formula is C13H25O2. The average molecular weight is 213 g/mol. The van der Waals surface area contributed by atoms with Gasteiger partial charge in [-0.05, 0) is 6.42 Å². The van der Waals surface area contributed by atoms with E-state index in [1.54, 1.807) is 0 Å². The van der Waals surface area contributed by atoms with Gasteiger partial charge in [-0.1, -0.05) is 64.7 Å². The van der Waals surface area contributed by atoms with Crippen LogP contribution >= 0.6 is 0 Å². The van der Waals surface area contributed by atoms with Crippen molar-refractivity contribution >= 4 is 5.97 Å². The zero-order valence-corrected chi connectivity index (χ0v) is 10.0. The van der Waals surface area contributed by atoms with Crippen molar-refractivity contribution < 1.29 is 9.90 Å². The molecule has 0 amide bonds. The molecule has 0 bridgehead atoms. The second-order valence-corrected chi connectivity index (χ2v) is 4.16. The van der Waals surface area contributed by atoms with Crippen molar-refractivity contribution in [3.05, 3.63) is 6.42 Å². The minimum atomic E-state index is -0.783. The van der Waals surface area contributed by atoms with Crippen LogP contribution in [-0.4, -0.2) is 11.1 Å². The summed E-state index contributed by atoms with van der Waals surface area (Å²) in [6.45, 7) is 2.24. The maximum atomic E-state index is 10.2. The molecule has 0 spiro atoms. The second-order valence-electron chi connectivity index (χ2n) is 4.16. The molecule has 0 unspecified atom stereocenters. The van der Waals surface area contributed by atoms with Gasteiger partial charge in [0.05, 0.1) is 6.42 Å². The Balaban J connectivity index is 2.89. The van der Waals surface area contributed by atoms with Crippen LogP contribution in [0.4, 0.5) is 0 Å². The van der Waals surface area contributed by atoms with Gasteiger partial charge >= 0.3 is 5.97 Å². The SMILES string of the molecule is CCCCCCCCCCC[CH]C(=O)O. The third-order valence-electron chi connectivity index (χ3n) is 2.63. The normalized spacial score (nSPS) is 10.5. The van der Waals surface area contributed by atoms with E-state index in [0.717, 1.165) is 12.8 Å². The number of carboxylic acid groups (broad SMARTS) is 1. The lowest BCUT2D eigenvalue weighted by atomic mass is 10.1. The first-order valence-corrected chi connectivity index (χ1v) is 6.33. The molecule has 1 N–H and O–H groups in total. The van der Waals surface area contributed by atoms with E-state index in [4.69, 9.17) is 5.11 Å². The third-order valence-corrected chi connectivity index (χ3v) is 2.63. The highest BCUT2D eigenvalue weighted by molar-refractivity contribution is 5.76. The van der Waals surface area contributed by atoms with Crippen LogP contribution in [0.15, 0.2) is 0 Å². The Hall–Kier alpha value is -0.530. The van der Waals surface area contributed by atoms with Crippen LogP contribution in [0.2, 0.25) is 0 Å². The molecule has 0 aromatic rings. The van der Waals surface area contributed by atoms with E-state index in [1.807, 2.05) is 0 Å². The van der Waals surface area contributed by atoms with Gasteiger partial charge in [0.25, 0.3) is 0 Å². The van der Waals surface area contributed by atoms with E-state index in [0.29, 0.717) is 0 Å². The lowest BCUT2D eigenvalue weighted by Gasteiger charge is -2.00. The van der Waals surface area contributed by atoms with Crippen LogP contribution in [0.3, 0.4) is 0 Å². The first-order valence-electron chi connectivity index (χ1n) is 6.33. The lowest BCUT2D eigenvalue weighted by Crippen LogP contribution is -1.94. The Kier molecular flexibility index (Phi) is 11.1. The maximum Gasteiger partial charge on any atom is 0.307 e. The summed E-state index contributed by atoms with van der Waals surface area (Å²) in [6.07, 6.45) is 13.7. The Morgan fingerprint density at radius 3 is 1.87 bits per heavy atom. The van der Waals surface area contributed by atoms with Gasteiger partial charge in [0.1, 0.15) is 0 Å². The van der Waals surface area contributed by atoms with Crippen LogP contribution in [0.25, 0.3) is 0 Å². The lowest BCUT2D eigenvalue weighted by molar-refractivity contribution is -0.133. The summed E-state index contributed by atoms with van der Waals surface area (Å²) < 4.78 is 0. The van der Waals surface area contributed by atoms with Crippen molar-refractivity contribution in [2.75, 3.05) is 0 Å². The molecule has 0 heterocycles. The highest BCUT2D eigenvalue weighted by atomic mass is 16.4. The molecule has 0 aliphatic rings. The van der Waals surface area contributed by atoms with Crippen molar-refractivity contribution in [1.29, 1.82) is 0 Å². The largest absolute Gasteiger partial charge is 0.481 e. The molecule has 0 aliphatic heterocycles. The summed E-state index contributed by atoms with van der Waals surface area (Å²) in [4.78, 5) is 10.2. The number of carbonyl (C=O) groups is 1. The van der Waals surface area contributed by atoms with Crippen LogP contribution in [0, 0.1) is 6.42 Å². The Morgan fingerprint density at radius 1 is 0.933 bits per heavy atom. The van der Waals surface area contributed by atoms with E-state index < -0.39 is 5.97 Å². The fourth-order valence-electron chi connectivity index (χ4n) is 1.68. The number of hydrogen-bond donors (Lipinski definition) is 1. The molecule has 2 nitrogen and oxygen atoms in total. The predicted molar refractivity (Wildman–Crippen MR) is 63.8 cm³/mol. The van der Waals surface area contributed by atoms with Crippen LogP contribution in [-0.2, 0) is 4.79 Å². The van der Waals surface area contributed by atoms with Gasteiger partial charge in [-0.15, -0.1) is 0 Å². The minimum Gasteiger partial charge on any atom is -0.481 e. The van der Waals surface area contributed by atoms with Crippen molar-refractivity contribution in [2.45, 2.75) is 71.1 Å². The Labute approximate surface area is 94.1 Å². The summed E-state index contributed by atoms with van der Waals surface area (Å²) >= 11 is 0. The summed E-state index contributed by atoms with van der Waals surface area (Å²) in [5, 5.41) is 8.38. The van der Waals surface area contributed by atoms with Gasteiger partial charge in [-0.3, -0.25) is 4.79 Å². The van der Waals surface area contributed by atoms with Gasteiger partial charge < -0.3 is 5.11 Å². The molecule has 2 heteroatoms. The van der Waals surface area contributed by atoms with E-state index in [1.165, 1.54) is 57.8 Å². The van der Waals surface area contributed by atoms with Crippen molar-refractivity contribution in [3.8, 4) is 0 Å². The van der Waals surface area contributed by atoms with Crippen molar-refractivity contribution in [2.24, 2.45) is 0 Å². The summed E-state index contributed by atoms with van der Waals surface area (Å²) in [6, 6.07) is 0. The van der Waals surface area contributed by atoms with Gasteiger partial charge in [0.2, 0.25) is 0 Å². The highest BCUT2D eigenvalue weighted by Crippen LogP contribution is 2.10. The molecule has 0 fully saturated rings. The molecule has 0 rings (SSSR count). The first-order chi connectivity index (χ1) is 7.27. The number of rotatable bonds is 11. The molecule has 89 valence electrons.